The molecule has 0 radical (unpaired) electrons. The fourth-order valence-corrected chi connectivity index (χ4v) is 3.68. The molecule has 1 amide bonds. The molecule has 122 valence electrons. The zero-order valence-electron chi connectivity index (χ0n) is 13.1. The molecule has 1 atom stereocenters. The molecular formula is C16H19N3O2S2. The second-order valence-electron chi connectivity index (χ2n) is 4.93. The predicted octanol–water partition coefficient (Wildman–Crippen LogP) is 2.11. The molecule has 1 aromatic heterocycles. The maximum atomic E-state index is 12.0. The Bertz CT molecular complexity index is 673. The second kappa shape index (κ2) is 8.79. The van der Waals surface area contributed by atoms with E-state index in [0.717, 1.165) is 16.3 Å². The van der Waals surface area contributed by atoms with E-state index in [4.69, 9.17) is 0 Å². The van der Waals surface area contributed by atoms with E-state index in [9.17, 15) is 9.00 Å². The Hall–Kier alpha value is -1.73. The number of nitrogens with one attached hydrogen (secondary N) is 1. The monoisotopic (exact) mass is 349 g/mol. The van der Waals surface area contributed by atoms with Crippen molar-refractivity contribution >= 4 is 28.5 Å². The van der Waals surface area contributed by atoms with E-state index >= 15 is 0 Å². The standard InChI is InChI=1S/C16H19N3O2S2/c1-12-10-13(2)19-16(18-12)22-11-15(20)17-8-9-23(21)14-6-4-3-5-7-14/h3-7,10H,8-9,11H2,1-2H3,(H,17,20). The Morgan fingerprint density at radius 2 is 1.83 bits per heavy atom. The third-order valence-electron chi connectivity index (χ3n) is 2.91. The number of nitrogens with zero attached hydrogens (tertiary/aromatic N) is 2. The van der Waals surface area contributed by atoms with Crippen LogP contribution in [0.1, 0.15) is 11.4 Å². The van der Waals surface area contributed by atoms with E-state index in [2.05, 4.69) is 15.3 Å². The van der Waals surface area contributed by atoms with Crippen LogP contribution in [0, 0.1) is 13.8 Å². The first-order valence-electron chi connectivity index (χ1n) is 7.20. The fraction of sp³-hybridized carbons (Fsp3) is 0.312. The number of hydrogen-bond acceptors (Lipinski definition) is 5. The molecule has 0 bridgehead atoms. The highest BCUT2D eigenvalue weighted by Crippen LogP contribution is 2.13. The summed E-state index contributed by atoms with van der Waals surface area (Å²) in [6.45, 7) is 4.18. The van der Waals surface area contributed by atoms with Crippen molar-refractivity contribution < 1.29 is 9.00 Å². The summed E-state index contributed by atoms with van der Waals surface area (Å²) in [6, 6.07) is 11.1. The van der Waals surface area contributed by atoms with Gasteiger partial charge in [-0.25, -0.2) is 9.97 Å². The number of aryl methyl sites for hydroxylation is 2. The minimum atomic E-state index is -1.09. The number of benzene rings is 1. The summed E-state index contributed by atoms with van der Waals surface area (Å²) in [4.78, 5) is 21.2. The van der Waals surface area contributed by atoms with Gasteiger partial charge in [0.25, 0.3) is 0 Å². The van der Waals surface area contributed by atoms with Gasteiger partial charge in [-0.3, -0.25) is 9.00 Å². The van der Waals surface area contributed by atoms with Crippen LogP contribution in [0.4, 0.5) is 0 Å². The average molecular weight is 349 g/mol. The lowest BCUT2D eigenvalue weighted by molar-refractivity contribution is -0.118. The van der Waals surface area contributed by atoms with E-state index in [1.165, 1.54) is 11.8 Å². The first-order valence-corrected chi connectivity index (χ1v) is 9.50. The van der Waals surface area contributed by atoms with Gasteiger partial charge in [-0.1, -0.05) is 30.0 Å². The third kappa shape index (κ3) is 6.11. The quantitative estimate of drug-likeness (QED) is 0.612. The lowest BCUT2D eigenvalue weighted by Gasteiger charge is -2.06. The van der Waals surface area contributed by atoms with Crippen LogP contribution in [0.5, 0.6) is 0 Å². The number of amides is 1. The van der Waals surface area contributed by atoms with E-state index in [0.29, 0.717) is 17.5 Å². The summed E-state index contributed by atoms with van der Waals surface area (Å²) < 4.78 is 12.0. The van der Waals surface area contributed by atoms with Crippen LogP contribution in [-0.2, 0) is 15.6 Å². The van der Waals surface area contributed by atoms with Gasteiger partial charge in [0.05, 0.1) is 16.6 Å². The second-order valence-corrected chi connectivity index (χ2v) is 7.45. The van der Waals surface area contributed by atoms with Crippen LogP contribution in [0.2, 0.25) is 0 Å². The largest absolute Gasteiger partial charge is 0.354 e. The van der Waals surface area contributed by atoms with Gasteiger partial charge in [0.2, 0.25) is 5.91 Å². The third-order valence-corrected chi connectivity index (χ3v) is 5.13. The lowest BCUT2D eigenvalue weighted by atomic mass is 10.4. The molecule has 1 aromatic carbocycles. The molecule has 23 heavy (non-hydrogen) atoms. The number of aromatic nitrogens is 2. The van der Waals surface area contributed by atoms with E-state index in [1.807, 2.05) is 50.2 Å². The fourth-order valence-electron chi connectivity index (χ4n) is 1.91. The smallest absolute Gasteiger partial charge is 0.230 e. The number of carbonyl (C=O) groups is 1. The van der Waals surface area contributed by atoms with Gasteiger partial charge in [0.1, 0.15) is 0 Å². The normalized spacial score (nSPS) is 11.9. The highest BCUT2D eigenvalue weighted by molar-refractivity contribution is 7.99. The molecule has 0 saturated heterocycles. The van der Waals surface area contributed by atoms with Gasteiger partial charge in [0.15, 0.2) is 5.16 Å². The topological polar surface area (TPSA) is 72.0 Å². The Labute approximate surface area is 142 Å². The molecule has 5 nitrogen and oxygen atoms in total. The minimum Gasteiger partial charge on any atom is -0.354 e. The molecule has 0 aliphatic heterocycles. The molecule has 2 rings (SSSR count). The molecule has 2 aromatic rings. The van der Waals surface area contributed by atoms with Crippen molar-refractivity contribution in [2.75, 3.05) is 18.1 Å². The molecule has 0 aliphatic carbocycles. The van der Waals surface area contributed by atoms with E-state index in [-0.39, 0.29) is 11.7 Å². The summed E-state index contributed by atoms with van der Waals surface area (Å²) in [7, 11) is -1.09. The van der Waals surface area contributed by atoms with Crippen LogP contribution in [-0.4, -0.2) is 38.1 Å². The number of thioether (sulfide) groups is 1. The highest BCUT2D eigenvalue weighted by Gasteiger charge is 2.07. The Kier molecular flexibility index (Phi) is 6.73. The molecule has 1 unspecified atom stereocenters. The zero-order chi connectivity index (χ0) is 16.7. The van der Waals surface area contributed by atoms with Gasteiger partial charge >= 0.3 is 0 Å². The van der Waals surface area contributed by atoms with Crippen LogP contribution in [0.25, 0.3) is 0 Å². The molecule has 0 aliphatic rings. The van der Waals surface area contributed by atoms with Crippen molar-refractivity contribution in [3.05, 3.63) is 47.8 Å². The van der Waals surface area contributed by atoms with Crippen molar-refractivity contribution in [2.24, 2.45) is 0 Å². The van der Waals surface area contributed by atoms with Crippen molar-refractivity contribution in [1.29, 1.82) is 0 Å². The van der Waals surface area contributed by atoms with Gasteiger partial charge in [-0.05, 0) is 32.0 Å². The summed E-state index contributed by atoms with van der Waals surface area (Å²) >= 11 is 1.30. The Balaban J connectivity index is 1.72. The first-order chi connectivity index (χ1) is 11.0. The van der Waals surface area contributed by atoms with Gasteiger partial charge in [0, 0.05) is 28.6 Å². The zero-order valence-corrected chi connectivity index (χ0v) is 14.7. The lowest BCUT2D eigenvalue weighted by Crippen LogP contribution is -2.29. The Morgan fingerprint density at radius 3 is 2.48 bits per heavy atom. The number of rotatable bonds is 7. The van der Waals surface area contributed by atoms with Crippen molar-refractivity contribution in [3.8, 4) is 0 Å². The molecule has 0 spiro atoms. The molecule has 0 fully saturated rings. The van der Waals surface area contributed by atoms with Gasteiger partial charge in [-0.15, -0.1) is 0 Å². The van der Waals surface area contributed by atoms with Gasteiger partial charge in [-0.2, -0.15) is 0 Å². The summed E-state index contributed by atoms with van der Waals surface area (Å²) in [5.74, 6) is 0.546. The van der Waals surface area contributed by atoms with Gasteiger partial charge < -0.3 is 5.32 Å². The molecular weight excluding hydrogens is 330 g/mol. The first kappa shape index (κ1) is 17.6. The number of carbonyl (C=O) groups excluding carboxylic acids is 1. The molecule has 0 saturated carbocycles. The average Bonchev–Trinajstić information content (AvgIpc) is 2.53. The van der Waals surface area contributed by atoms with Crippen LogP contribution in [0.3, 0.4) is 0 Å². The number of hydrogen-bond donors (Lipinski definition) is 1. The van der Waals surface area contributed by atoms with E-state index in [1.54, 1.807) is 0 Å². The molecule has 1 heterocycles. The SMILES string of the molecule is Cc1cc(C)nc(SCC(=O)NCCS(=O)c2ccccc2)n1. The maximum Gasteiger partial charge on any atom is 0.230 e. The van der Waals surface area contributed by atoms with Crippen LogP contribution < -0.4 is 5.32 Å². The predicted molar refractivity (Wildman–Crippen MR) is 93.0 cm³/mol. The minimum absolute atomic E-state index is 0.108. The summed E-state index contributed by atoms with van der Waals surface area (Å²) in [5, 5.41) is 3.38. The van der Waals surface area contributed by atoms with Crippen molar-refractivity contribution in [1.82, 2.24) is 15.3 Å². The van der Waals surface area contributed by atoms with E-state index < -0.39 is 10.8 Å². The maximum absolute atomic E-state index is 12.0. The van der Waals surface area contributed by atoms with Crippen LogP contribution in [0.15, 0.2) is 46.5 Å². The molecule has 7 heteroatoms. The molecule has 1 N–H and O–H groups in total. The van der Waals surface area contributed by atoms with Crippen molar-refractivity contribution in [3.63, 3.8) is 0 Å². The summed E-state index contributed by atoms with van der Waals surface area (Å²) in [5.41, 5.74) is 1.78. The van der Waals surface area contributed by atoms with Crippen molar-refractivity contribution in [2.45, 2.75) is 23.9 Å². The highest BCUT2D eigenvalue weighted by atomic mass is 32.2. The van der Waals surface area contributed by atoms with Crippen LogP contribution >= 0.6 is 11.8 Å². The summed E-state index contributed by atoms with van der Waals surface area (Å²) in [6.07, 6.45) is 0. The Morgan fingerprint density at radius 1 is 1.17 bits per heavy atom.